The molecule has 5 N–H and O–H groups in total. The highest BCUT2D eigenvalue weighted by Gasteiger charge is 2.41. The van der Waals surface area contributed by atoms with Crippen molar-refractivity contribution < 1.29 is 62.9 Å². The topological polar surface area (TPSA) is 235 Å². The molecule has 6 heterocycles. The van der Waals surface area contributed by atoms with Crippen LogP contribution in [0.15, 0.2) is 41.2 Å². The Hall–Kier alpha value is -5.95. The average Bonchev–Trinajstić information content (AvgIpc) is 3.83. The van der Waals surface area contributed by atoms with E-state index in [1.54, 1.807) is 43.4 Å². The number of aliphatic hydroxyl groups excluding tert-OH is 2. The van der Waals surface area contributed by atoms with Crippen molar-refractivity contribution in [2.24, 2.45) is 0 Å². The molecule has 18 heteroatoms. The van der Waals surface area contributed by atoms with Crippen LogP contribution < -0.4 is 30.4 Å². The monoisotopic (exact) mass is 806 g/mol. The smallest absolute Gasteiger partial charge is 0.407 e. The Morgan fingerprint density at radius 1 is 1.00 bits per heavy atom. The first-order chi connectivity index (χ1) is 27.9. The van der Waals surface area contributed by atoms with Crippen molar-refractivity contribution in [3.8, 4) is 28.6 Å². The van der Waals surface area contributed by atoms with Crippen molar-refractivity contribution in [1.29, 1.82) is 0 Å². The largest absolute Gasteiger partial charge is 0.479 e. The van der Waals surface area contributed by atoms with E-state index in [0.717, 1.165) is 0 Å². The van der Waals surface area contributed by atoms with Crippen LogP contribution in [0.25, 0.3) is 22.3 Å². The van der Waals surface area contributed by atoms with Gasteiger partial charge < -0.3 is 63.7 Å². The molecule has 4 aliphatic rings. The van der Waals surface area contributed by atoms with Crippen molar-refractivity contribution in [3.63, 3.8) is 0 Å². The maximum absolute atomic E-state index is 13.6. The lowest BCUT2D eigenvalue weighted by molar-refractivity contribution is -0.322. The number of nitrogens with zero attached hydrogens (tertiary/aromatic N) is 2. The number of rotatable bonds is 8. The van der Waals surface area contributed by atoms with E-state index in [1.165, 1.54) is 17.9 Å². The van der Waals surface area contributed by atoms with Crippen LogP contribution in [-0.4, -0.2) is 81.5 Å². The molecule has 5 unspecified atom stereocenters. The predicted molar refractivity (Wildman–Crippen MR) is 205 cm³/mol. The highest BCUT2D eigenvalue weighted by atomic mass is 16.8. The summed E-state index contributed by atoms with van der Waals surface area (Å²) in [5.41, 5.74) is 3.57. The number of cyclic esters (lactones) is 1. The van der Waals surface area contributed by atoms with Gasteiger partial charge in [0.1, 0.15) is 19.0 Å². The van der Waals surface area contributed by atoms with Gasteiger partial charge >= 0.3 is 18.0 Å². The summed E-state index contributed by atoms with van der Waals surface area (Å²) in [5.74, 6) is -0.912. The Morgan fingerprint density at radius 2 is 1.72 bits per heavy atom. The van der Waals surface area contributed by atoms with E-state index >= 15 is 0 Å². The molecule has 0 radical (unpaired) electrons. The molecule has 18 nitrogen and oxygen atoms in total. The number of aromatic nitrogens is 2. The molecule has 0 bridgehead atoms. The molecule has 2 aromatic carbocycles. The number of carboxylic acid groups (broad SMARTS) is 1. The van der Waals surface area contributed by atoms with Crippen LogP contribution in [0, 0.1) is 0 Å². The zero-order valence-electron chi connectivity index (χ0n) is 32.8. The molecule has 0 spiro atoms. The number of hydrogen-bond acceptors (Lipinski definition) is 15. The number of carbonyl (C=O) groups is 3. The minimum absolute atomic E-state index is 0.0250. The first-order valence-corrected chi connectivity index (χ1v) is 18.9. The number of carbonyl (C=O) groups excluding carboxylic acids is 2. The summed E-state index contributed by atoms with van der Waals surface area (Å²) in [7, 11) is 1.62. The van der Waals surface area contributed by atoms with E-state index in [2.05, 4.69) is 24.5 Å². The van der Waals surface area contributed by atoms with Crippen LogP contribution in [0.5, 0.6) is 17.2 Å². The van der Waals surface area contributed by atoms with Gasteiger partial charge in [0.25, 0.3) is 11.8 Å². The van der Waals surface area contributed by atoms with E-state index in [1.807, 2.05) is 13.8 Å². The summed E-state index contributed by atoms with van der Waals surface area (Å²) < 4.78 is 39.6. The van der Waals surface area contributed by atoms with E-state index in [9.17, 15) is 34.5 Å². The maximum Gasteiger partial charge on any atom is 0.407 e. The van der Waals surface area contributed by atoms with Crippen LogP contribution in [0.3, 0.4) is 0 Å². The number of aliphatic carboxylic acids is 1. The third-order valence-electron chi connectivity index (χ3n) is 9.44. The summed E-state index contributed by atoms with van der Waals surface area (Å²) in [6.07, 6.45) is -6.30. The Balaban J connectivity index is 0.00000108. The molecule has 58 heavy (non-hydrogen) atoms. The third kappa shape index (κ3) is 8.08. The number of fused-ring (bicyclic) bond motifs is 6. The quantitative estimate of drug-likeness (QED) is 0.139. The highest BCUT2D eigenvalue weighted by Crippen LogP contribution is 2.42. The van der Waals surface area contributed by atoms with Crippen LogP contribution in [0.4, 0.5) is 10.5 Å². The first-order valence-electron chi connectivity index (χ1n) is 18.9. The fourth-order valence-corrected chi connectivity index (χ4v) is 6.77. The number of aliphatic hydroxyl groups is 2. The van der Waals surface area contributed by atoms with Gasteiger partial charge in [-0.2, -0.15) is 0 Å². The number of benzene rings is 2. The SMILES string of the molecule is CC.CCC.CNc1cc(COC(=O)NCc2c3c(nc4cc5c(cc24)OCO5)-c2cc4c(c(=O)n2C3)COC(=O)C4O)ccc1OC1OC(C(=O)O)C(C)OC1O. The standard InChI is InChI=1S/C35H32N4O14.C3H8.C2H6/c1-14-29(31(42)43)53-34(33(45)51-14)52-24-4-3-15(5-22(24)36-2)11-48-35(46)37-9-18-16-7-25-26(50-13-49-25)8-21(16)38-27-19(18)10-39-23(27)6-17-20(30(39)41)12-47-32(44)28(17)40;1-3-2;1-2/h3-8,14,28-29,33-34,36,40,45H,9-13H2,1-2H3,(H,37,46)(H,42,43);3H2,1-2H3;1-2H3. The van der Waals surface area contributed by atoms with E-state index < -0.39 is 54.5 Å². The second-order valence-corrected chi connectivity index (χ2v) is 13.3. The number of ether oxygens (including phenoxy) is 7. The van der Waals surface area contributed by atoms with Crippen molar-refractivity contribution in [1.82, 2.24) is 14.9 Å². The van der Waals surface area contributed by atoms with Gasteiger partial charge in [-0.15, -0.1) is 0 Å². The molecule has 8 rings (SSSR count). The fourth-order valence-electron chi connectivity index (χ4n) is 6.77. The second-order valence-electron chi connectivity index (χ2n) is 13.3. The van der Waals surface area contributed by atoms with Crippen molar-refractivity contribution in [2.75, 3.05) is 19.2 Å². The lowest BCUT2D eigenvalue weighted by Crippen LogP contribution is -2.53. The average molecular weight is 807 g/mol. The summed E-state index contributed by atoms with van der Waals surface area (Å²) >= 11 is 0. The minimum atomic E-state index is -1.61. The van der Waals surface area contributed by atoms with Crippen LogP contribution in [0.2, 0.25) is 0 Å². The molecule has 0 aliphatic carbocycles. The molecule has 2 aromatic heterocycles. The summed E-state index contributed by atoms with van der Waals surface area (Å²) in [6, 6.07) is 9.85. The van der Waals surface area contributed by atoms with Gasteiger partial charge in [0.15, 0.2) is 23.7 Å². The molecule has 310 valence electrons. The van der Waals surface area contributed by atoms with Gasteiger partial charge in [-0.3, -0.25) is 4.79 Å². The zero-order valence-corrected chi connectivity index (χ0v) is 32.8. The van der Waals surface area contributed by atoms with Gasteiger partial charge in [0, 0.05) is 36.2 Å². The lowest BCUT2D eigenvalue weighted by Gasteiger charge is -2.36. The molecular formula is C40H46N4O14. The number of amides is 1. The Kier molecular flexibility index (Phi) is 12.7. The van der Waals surface area contributed by atoms with Crippen molar-refractivity contribution >= 4 is 34.6 Å². The predicted octanol–water partition coefficient (Wildman–Crippen LogP) is 4.07. The van der Waals surface area contributed by atoms with Crippen molar-refractivity contribution in [2.45, 2.75) is 98.2 Å². The molecular weight excluding hydrogens is 760 g/mol. The van der Waals surface area contributed by atoms with E-state index in [0.29, 0.717) is 56.2 Å². The molecule has 0 saturated carbocycles. The van der Waals surface area contributed by atoms with Crippen LogP contribution in [0.1, 0.15) is 75.0 Å². The molecule has 1 fully saturated rings. The van der Waals surface area contributed by atoms with Crippen LogP contribution >= 0.6 is 0 Å². The normalized spacial score (nSPS) is 20.8. The van der Waals surface area contributed by atoms with E-state index in [4.69, 9.17) is 38.1 Å². The molecule has 1 saturated heterocycles. The van der Waals surface area contributed by atoms with Gasteiger partial charge in [-0.25, -0.2) is 19.4 Å². The summed E-state index contributed by atoms with van der Waals surface area (Å²) in [6.45, 7) is 9.42. The Labute approximate surface area is 332 Å². The number of pyridine rings is 2. The second kappa shape index (κ2) is 17.7. The Bertz CT molecular complexity index is 2280. The fraction of sp³-hybridized carbons (Fsp3) is 0.425. The first kappa shape index (κ1) is 41.7. The third-order valence-corrected chi connectivity index (χ3v) is 9.44. The number of alkyl carbamates (subject to hydrolysis) is 1. The van der Waals surface area contributed by atoms with Gasteiger partial charge in [0.05, 0.1) is 40.8 Å². The molecule has 4 aromatic rings. The number of anilines is 1. The van der Waals surface area contributed by atoms with Crippen LogP contribution in [-0.2, 0) is 54.8 Å². The number of hydrogen-bond donors (Lipinski definition) is 5. The Morgan fingerprint density at radius 3 is 2.43 bits per heavy atom. The van der Waals surface area contributed by atoms with Gasteiger partial charge in [0.2, 0.25) is 13.1 Å². The maximum atomic E-state index is 13.6. The van der Waals surface area contributed by atoms with Crippen molar-refractivity contribution in [3.05, 3.63) is 74.6 Å². The number of nitrogens with one attached hydrogen (secondary N) is 2. The molecule has 5 atom stereocenters. The zero-order chi connectivity index (χ0) is 41.8. The summed E-state index contributed by atoms with van der Waals surface area (Å²) in [4.78, 5) is 55.1. The number of esters is 1. The number of carboxylic acids is 1. The van der Waals surface area contributed by atoms with Gasteiger partial charge in [-0.05, 0) is 42.3 Å². The minimum Gasteiger partial charge on any atom is -0.479 e. The highest BCUT2D eigenvalue weighted by molar-refractivity contribution is 5.91. The summed E-state index contributed by atoms with van der Waals surface area (Å²) in [5, 5.41) is 36.6. The van der Waals surface area contributed by atoms with Gasteiger partial charge in [-0.1, -0.05) is 40.2 Å². The lowest BCUT2D eigenvalue weighted by atomic mass is 9.98. The van der Waals surface area contributed by atoms with E-state index in [-0.39, 0.29) is 50.0 Å². The molecule has 4 aliphatic heterocycles. The molecule has 1 amide bonds.